The molecule has 160 valence electrons. The van der Waals surface area contributed by atoms with Crippen LogP contribution in [-0.2, 0) is 23.9 Å². The van der Waals surface area contributed by atoms with Crippen molar-refractivity contribution in [3.05, 3.63) is 0 Å². The number of aliphatic carboxylic acids is 1. The number of hydrogen-bond donors (Lipinski definition) is 2. The van der Waals surface area contributed by atoms with Gasteiger partial charge in [-0.05, 0) is 68.6 Å². The molecular formula is C21H28FNO6. The molecule has 0 aromatic carbocycles. The van der Waals surface area contributed by atoms with Gasteiger partial charge in [0.05, 0.1) is 11.3 Å². The number of carbonyl (C=O) groups excluding carboxylic acids is 2. The average Bonchev–Trinajstić information content (AvgIpc) is 3.30. The first kappa shape index (κ1) is 19.3. The fourth-order valence-corrected chi connectivity index (χ4v) is 7.45. The van der Waals surface area contributed by atoms with Crippen molar-refractivity contribution < 1.29 is 33.4 Å². The van der Waals surface area contributed by atoms with Gasteiger partial charge < -0.3 is 20.3 Å². The highest BCUT2D eigenvalue weighted by Crippen LogP contribution is 2.63. The minimum absolute atomic E-state index is 0.00713. The Balaban J connectivity index is 1.10. The molecule has 7 nitrogen and oxygen atoms in total. The number of alkyl halides is 1. The van der Waals surface area contributed by atoms with Crippen molar-refractivity contribution in [3.63, 3.8) is 0 Å². The molecule has 0 radical (unpaired) electrons. The van der Waals surface area contributed by atoms with Gasteiger partial charge in [-0.3, -0.25) is 14.4 Å². The topological polar surface area (TPSA) is 116 Å². The lowest BCUT2D eigenvalue weighted by atomic mass is 9.49. The summed E-state index contributed by atoms with van der Waals surface area (Å²) in [6, 6.07) is 0. The van der Waals surface area contributed by atoms with E-state index < -0.39 is 35.5 Å². The van der Waals surface area contributed by atoms with Crippen LogP contribution in [0.5, 0.6) is 0 Å². The lowest BCUT2D eigenvalue weighted by Crippen LogP contribution is -2.56. The summed E-state index contributed by atoms with van der Waals surface area (Å²) in [5, 5.41) is 9.26. The summed E-state index contributed by atoms with van der Waals surface area (Å²) in [5.41, 5.74) is 3.39. The third-order valence-corrected chi connectivity index (χ3v) is 8.39. The van der Waals surface area contributed by atoms with Crippen LogP contribution in [0.25, 0.3) is 0 Å². The number of carbonyl (C=O) groups is 3. The van der Waals surface area contributed by atoms with E-state index in [4.69, 9.17) is 15.2 Å². The second kappa shape index (κ2) is 6.40. The summed E-state index contributed by atoms with van der Waals surface area (Å²) >= 11 is 0. The predicted octanol–water partition coefficient (Wildman–Crippen LogP) is 1.68. The standard InChI is InChI=1S/C21H28FNO6/c22-14-6-13-15(16(13)21(14,23)18(25)26)17(24)28-1-2-29-19(27)20-7-10-3-11(8-20)5-12(4-10)9-20/h10-16H,1-9,23H2,(H,25,26)/t10?,11?,12?,13-,14-,15-,16-,20?,21-/m0/s1. The molecule has 6 aliphatic rings. The highest BCUT2D eigenvalue weighted by molar-refractivity contribution is 5.86. The maximum absolute atomic E-state index is 13.9. The first-order chi connectivity index (χ1) is 13.7. The molecule has 0 unspecified atom stereocenters. The Hall–Kier alpha value is -1.70. The second-order valence-electron chi connectivity index (χ2n) is 10.2. The molecule has 0 amide bonds. The number of esters is 2. The van der Waals surface area contributed by atoms with E-state index >= 15 is 0 Å². The molecule has 29 heavy (non-hydrogen) atoms. The van der Waals surface area contributed by atoms with E-state index in [9.17, 15) is 23.9 Å². The molecule has 4 bridgehead atoms. The van der Waals surface area contributed by atoms with Crippen molar-refractivity contribution in [2.45, 2.75) is 56.7 Å². The van der Waals surface area contributed by atoms with Crippen LogP contribution in [0.3, 0.4) is 0 Å². The van der Waals surface area contributed by atoms with Crippen LogP contribution in [0.1, 0.15) is 44.9 Å². The van der Waals surface area contributed by atoms with Crippen LogP contribution in [0, 0.1) is 40.9 Å². The molecule has 0 aromatic heterocycles. The molecule has 6 fully saturated rings. The van der Waals surface area contributed by atoms with Crippen molar-refractivity contribution in [3.8, 4) is 0 Å². The van der Waals surface area contributed by atoms with Gasteiger partial charge in [0, 0.05) is 5.92 Å². The molecule has 5 atom stereocenters. The quantitative estimate of drug-likeness (QED) is 0.506. The Morgan fingerprint density at radius 1 is 0.966 bits per heavy atom. The normalized spacial score (nSPS) is 48.8. The Morgan fingerprint density at radius 2 is 1.52 bits per heavy atom. The van der Waals surface area contributed by atoms with Crippen molar-refractivity contribution in [2.24, 2.45) is 46.7 Å². The first-order valence-corrected chi connectivity index (χ1v) is 10.7. The number of nitrogens with two attached hydrogens (primary N) is 1. The van der Waals surface area contributed by atoms with Crippen molar-refractivity contribution in [1.29, 1.82) is 0 Å². The van der Waals surface area contributed by atoms with Gasteiger partial charge in [0.2, 0.25) is 0 Å². The van der Waals surface area contributed by atoms with Crippen LogP contribution < -0.4 is 5.73 Å². The van der Waals surface area contributed by atoms with Gasteiger partial charge >= 0.3 is 17.9 Å². The van der Waals surface area contributed by atoms with Gasteiger partial charge in [0.1, 0.15) is 24.9 Å². The number of hydrogen-bond acceptors (Lipinski definition) is 6. The average molecular weight is 409 g/mol. The number of carboxylic acid groups (broad SMARTS) is 1. The maximum Gasteiger partial charge on any atom is 0.327 e. The van der Waals surface area contributed by atoms with Gasteiger partial charge in [-0.2, -0.15) is 0 Å². The zero-order chi connectivity index (χ0) is 20.6. The Labute approximate surface area is 168 Å². The molecule has 6 saturated carbocycles. The second-order valence-corrected chi connectivity index (χ2v) is 10.2. The zero-order valence-electron chi connectivity index (χ0n) is 16.3. The van der Waals surface area contributed by atoms with Crippen LogP contribution in [0.15, 0.2) is 0 Å². The number of rotatable bonds is 6. The number of halogens is 1. The Bertz CT molecular complexity index is 720. The summed E-state index contributed by atoms with van der Waals surface area (Å²) in [7, 11) is 0. The van der Waals surface area contributed by atoms with Crippen molar-refractivity contribution >= 4 is 17.9 Å². The molecule has 3 N–H and O–H groups in total. The van der Waals surface area contributed by atoms with E-state index in [2.05, 4.69) is 0 Å². The van der Waals surface area contributed by atoms with Crippen molar-refractivity contribution in [1.82, 2.24) is 0 Å². The number of fused-ring (bicyclic) bond motifs is 1. The largest absolute Gasteiger partial charge is 0.480 e. The van der Waals surface area contributed by atoms with Crippen LogP contribution >= 0.6 is 0 Å². The van der Waals surface area contributed by atoms with Gasteiger partial charge in [-0.1, -0.05) is 0 Å². The molecule has 0 aromatic rings. The van der Waals surface area contributed by atoms with E-state index in [1.807, 2.05) is 0 Å². The smallest absolute Gasteiger partial charge is 0.327 e. The fourth-order valence-electron chi connectivity index (χ4n) is 7.45. The fraction of sp³-hybridized carbons (Fsp3) is 0.857. The van der Waals surface area contributed by atoms with Crippen LogP contribution in [0.4, 0.5) is 4.39 Å². The van der Waals surface area contributed by atoms with E-state index in [0.29, 0.717) is 17.8 Å². The first-order valence-electron chi connectivity index (χ1n) is 10.7. The predicted molar refractivity (Wildman–Crippen MR) is 97.1 cm³/mol. The Kier molecular flexibility index (Phi) is 4.25. The molecule has 0 spiro atoms. The molecule has 6 aliphatic carbocycles. The van der Waals surface area contributed by atoms with E-state index in [-0.39, 0.29) is 36.9 Å². The van der Waals surface area contributed by atoms with Crippen molar-refractivity contribution in [2.75, 3.05) is 13.2 Å². The van der Waals surface area contributed by atoms with Gasteiger partial charge in [-0.25, -0.2) is 4.39 Å². The summed E-state index contributed by atoms with van der Waals surface area (Å²) in [4.78, 5) is 36.4. The highest BCUT2D eigenvalue weighted by atomic mass is 19.1. The third-order valence-electron chi connectivity index (χ3n) is 8.39. The van der Waals surface area contributed by atoms with Crippen LogP contribution in [-0.4, -0.2) is 47.9 Å². The minimum atomic E-state index is -2.01. The zero-order valence-corrected chi connectivity index (χ0v) is 16.3. The molecule has 8 heteroatoms. The van der Waals surface area contributed by atoms with Crippen LogP contribution in [0.2, 0.25) is 0 Å². The summed E-state index contributed by atoms with van der Waals surface area (Å²) in [6.45, 7) is -0.0800. The lowest BCUT2D eigenvalue weighted by Gasteiger charge is -2.55. The monoisotopic (exact) mass is 409 g/mol. The lowest BCUT2D eigenvalue weighted by molar-refractivity contribution is -0.174. The summed E-state index contributed by atoms with van der Waals surface area (Å²) < 4.78 is 24.6. The van der Waals surface area contributed by atoms with E-state index in [1.54, 1.807) is 0 Å². The van der Waals surface area contributed by atoms with E-state index in [0.717, 1.165) is 19.3 Å². The molecular weight excluding hydrogens is 381 g/mol. The summed E-state index contributed by atoms with van der Waals surface area (Å²) in [5.74, 6) is -2.01. The minimum Gasteiger partial charge on any atom is -0.480 e. The molecule has 0 heterocycles. The maximum atomic E-state index is 13.9. The number of ether oxygens (including phenoxy) is 2. The highest BCUT2D eigenvalue weighted by Gasteiger charge is 2.74. The van der Waals surface area contributed by atoms with Gasteiger partial charge in [0.25, 0.3) is 0 Å². The SMILES string of the molecule is N[C@]1(C(=O)O)[C@H]2[C@@H](C[C@@H]1F)[C@@H]2C(=O)OCCOC(=O)C12CC3CC(CC(C3)C1)C2. The molecule has 6 rings (SSSR count). The van der Waals surface area contributed by atoms with E-state index in [1.165, 1.54) is 19.3 Å². The summed E-state index contributed by atoms with van der Waals surface area (Å²) in [6.07, 6.45) is 4.80. The molecule has 0 saturated heterocycles. The van der Waals surface area contributed by atoms with Gasteiger partial charge in [-0.15, -0.1) is 0 Å². The molecule has 0 aliphatic heterocycles. The number of carboxylic acids is 1. The van der Waals surface area contributed by atoms with Gasteiger partial charge in [0.15, 0.2) is 0 Å². The Morgan fingerprint density at radius 3 is 2.07 bits per heavy atom. The third kappa shape index (κ3) is 2.81.